The molecular formula is C22H15NO2. The number of benzene rings is 4. The first-order valence-electron chi connectivity index (χ1n) is 8.51. The molecule has 2 atom stereocenters. The number of rotatable bonds is 0. The molecule has 0 spiro atoms. The van der Waals surface area contributed by atoms with Crippen LogP contribution in [0.4, 0.5) is 0 Å². The summed E-state index contributed by atoms with van der Waals surface area (Å²) in [5.41, 5.74) is 2.15. The van der Waals surface area contributed by atoms with Crippen LogP contribution in [0.5, 0.6) is 11.5 Å². The number of ether oxygens (including phenoxy) is 2. The highest BCUT2D eigenvalue weighted by Crippen LogP contribution is 2.47. The smallest absolute Gasteiger partial charge is 0.183 e. The Morgan fingerprint density at radius 1 is 0.560 bits per heavy atom. The minimum Gasteiger partial charge on any atom is -0.470 e. The minimum atomic E-state index is -0.200. The van der Waals surface area contributed by atoms with Crippen LogP contribution in [0.25, 0.3) is 21.5 Å². The summed E-state index contributed by atoms with van der Waals surface area (Å²) >= 11 is 0. The maximum absolute atomic E-state index is 6.35. The fraction of sp³-hybridized carbons (Fsp3) is 0.0909. The van der Waals surface area contributed by atoms with Gasteiger partial charge in [-0.25, -0.2) is 5.32 Å². The van der Waals surface area contributed by atoms with E-state index < -0.39 is 0 Å². The van der Waals surface area contributed by atoms with Gasteiger partial charge in [0.15, 0.2) is 12.5 Å². The summed E-state index contributed by atoms with van der Waals surface area (Å²) in [6, 6.07) is 25.0. The van der Waals surface area contributed by atoms with Crippen LogP contribution in [0.15, 0.2) is 72.8 Å². The number of nitrogens with one attached hydrogen (secondary N) is 1. The Morgan fingerprint density at radius 2 is 1.04 bits per heavy atom. The molecule has 2 bridgehead atoms. The van der Waals surface area contributed by atoms with Gasteiger partial charge in [0.05, 0.1) is 11.1 Å². The van der Waals surface area contributed by atoms with Crippen LogP contribution in [0.3, 0.4) is 0 Å². The maximum Gasteiger partial charge on any atom is 0.183 e. The van der Waals surface area contributed by atoms with Crippen molar-refractivity contribution >= 4 is 21.5 Å². The molecule has 3 nitrogen and oxygen atoms in total. The van der Waals surface area contributed by atoms with E-state index in [4.69, 9.17) is 9.47 Å². The molecule has 0 fully saturated rings. The van der Waals surface area contributed by atoms with E-state index in [0.717, 1.165) is 22.6 Å². The van der Waals surface area contributed by atoms with Gasteiger partial charge in [-0.3, -0.25) is 0 Å². The van der Waals surface area contributed by atoms with Crippen molar-refractivity contribution in [2.24, 2.45) is 0 Å². The first-order chi connectivity index (χ1) is 12.4. The molecule has 25 heavy (non-hydrogen) atoms. The van der Waals surface area contributed by atoms with Crippen LogP contribution in [0, 0.1) is 0 Å². The van der Waals surface area contributed by atoms with Crippen molar-refractivity contribution in [1.29, 1.82) is 0 Å². The molecule has 1 N–H and O–H groups in total. The van der Waals surface area contributed by atoms with Gasteiger partial charge in [0.2, 0.25) is 0 Å². The Hall–Kier alpha value is -3.04. The van der Waals surface area contributed by atoms with Crippen molar-refractivity contribution in [1.82, 2.24) is 5.32 Å². The molecule has 4 aromatic rings. The third-order valence-electron chi connectivity index (χ3n) is 5.18. The lowest BCUT2D eigenvalue weighted by molar-refractivity contribution is 0.0188. The minimum absolute atomic E-state index is 0.200. The molecule has 2 aliphatic rings. The molecule has 0 radical (unpaired) electrons. The monoisotopic (exact) mass is 325 g/mol. The van der Waals surface area contributed by atoms with E-state index in [0.29, 0.717) is 0 Å². The second kappa shape index (κ2) is 4.74. The number of hydrogen-bond acceptors (Lipinski definition) is 3. The Bertz CT molecular complexity index is 1060. The average molecular weight is 325 g/mol. The van der Waals surface area contributed by atoms with E-state index in [2.05, 4.69) is 78.1 Å². The lowest BCUT2D eigenvalue weighted by atomic mass is 9.96. The lowest BCUT2D eigenvalue weighted by Gasteiger charge is -2.40. The van der Waals surface area contributed by atoms with E-state index in [1.165, 1.54) is 21.5 Å². The standard InChI is InChI=1S/C22H15NO2/c1-3-7-15-13(5-1)9-11-17-19(15)21-23-22(24-17)20-16-8-4-2-6-14(16)10-12-18(20)25-21/h1-12,21-23H/t21-,22-/m0/s1. The first kappa shape index (κ1) is 13.3. The van der Waals surface area contributed by atoms with E-state index >= 15 is 0 Å². The number of hydrogen-bond donors (Lipinski definition) is 1. The molecule has 120 valence electrons. The zero-order valence-electron chi connectivity index (χ0n) is 13.4. The molecule has 3 heteroatoms. The molecule has 0 aliphatic carbocycles. The topological polar surface area (TPSA) is 30.5 Å². The Labute approximate surface area is 144 Å². The average Bonchev–Trinajstić information content (AvgIpc) is 2.67. The molecule has 2 aliphatic heterocycles. The molecule has 0 saturated carbocycles. The fourth-order valence-corrected chi connectivity index (χ4v) is 4.04. The number of fused-ring (bicyclic) bond motifs is 10. The third kappa shape index (κ3) is 1.79. The highest BCUT2D eigenvalue weighted by atomic mass is 16.5. The maximum atomic E-state index is 6.35. The summed E-state index contributed by atoms with van der Waals surface area (Å²) < 4.78 is 12.7. The molecule has 0 saturated heterocycles. The van der Waals surface area contributed by atoms with Gasteiger partial charge in [-0.05, 0) is 33.7 Å². The predicted octanol–water partition coefficient (Wildman–Crippen LogP) is 5.06. The normalized spacial score (nSPS) is 20.5. The van der Waals surface area contributed by atoms with Crippen molar-refractivity contribution in [3.63, 3.8) is 0 Å². The van der Waals surface area contributed by atoms with Crippen LogP contribution in [-0.4, -0.2) is 0 Å². The van der Waals surface area contributed by atoms with E-state index in [1.54, 1.807) is 0 Å². The Morgan fingerprint density at radius 3 is 1.56 bits per heavy atom. The molecular weight excluding hydrogens is 310 g/mol. The summed E-state index contributed by atoms with van der Waals surface area (Å²) in [7, 11) is 0. The molecule has 0 unspecified atom stereocenters. The quantitative estimate of drug-likeness (QED) is 0.490. The summed E-state index contributed by atoms with van der Waals surface area (Å²) in [6.45, 7) is 0. The lowest BCUT2D eigenvalue weighted by Crippen LogP contribution is -2.41. The van der Waals surface area contributed by atoms with Gasteiger partial charge >= 0.3 is 0 Å². The zero-order chi connectivity index (χ0) is 16.4. The highest BCUT2D eigenvalue weighted by Gasteiger charge is 2.38. The zero-order valence-corrected chi connectivity index (χ0v) is 13.4. The van der Waals surface area contributed by atoms with E-state index in [-0.39, 0.29) is 12.5 Å². The van der Waals surface area contributed by atoms with Crippen molar-refractivity contribution in [2.45, 2.75) is 12.5 Å². The molecule has 2 heterocycles. The van der Waals surface area contributed by atoms with Gasteiger partial charge in [-0.1, -0.05) is 60.7 Å². The van der Waals surface area contributed by atoms with Gasteiger partial charge in [-0.2, -0.15) is 0 Å². The summed E-state index contributed by atoms with van der Waals surface area (Å²) in [5.74, 6) is 1.79. The predicted molar refractivity (Wildman–Crippen MR) is 97.8 cm³/mol. The van der Waals surface area contributed by atoms with Gasteiger partial charge in [0.25, 0.3) is 0 Å². The molecule has 0 amide bonds. The second-order valence-electron chi connectivity index (χ2n) is 6.56. The Balaban J connectivity index is 1.59. The third-order valence-corrected chi connectivity index (χ3v) is 5.18. The first-order valence-corrected chi connectivity index (χ1v) is 8.51. The van der Waals surface area contributed by atoms with Crippen LogP contribution < -0.4 is 14.8 Å². The SMILES string of the molecule is c1ccc2c3c(ccc2c1)O[C@@H]1N[C@H]3Oc2ccc3ccccc3c21. The van der Waals surface area contributed by atoms with Crippen molar-refractivity contribution < 1.29 is 9.47 Å². The molecule has 4 aromatic carbocycles. The van der Waals surface area contributed by atoms with Crippen molar-refractivity contribution in [3.05, 3.63) is 83.9 Å². The highest BCUT2D eigenvalue weighted by molar-refractivity contribution is 5.90. The molecule has 0 aromatic heterocycles. The van der Waals surface area contributed by atoms with E-state index in [9.17, 15) is 0 Å². The van der Waals surface area contributed by atoms with Gasteiger partial charge in [0.1, 0.15) is 11.5 Å². The van der Waals surface area contributed by atoms with Gasteiger partial charge in [0, 0.05) is 0 Å². The second-order valence-corrected chi connectivity index (χ2v) is 6.56. The van der Waals surface area contributed by atoms with E-state index in [1.807, 2.05) is 0 Å². The molecule has 6 rings (SSSR count). The summed E-state index contributed by atoms with van der Waals surface area (Å²) in [4.78, 5) is 0. The van der Waals surface area contributed by atoms with Crippen LogP contribution >= 0.6 is 0 Å². The van der Waals surface area contributed by atoms with Crippen LogP contribution in [-0.2, 0) is 0 Å². The van der Waals surface area contributed by atoms with Crippen LogP contribution in [0.2, 0.25) is 0 Å². The Kier molecular flexibility index (Phi) is 2.52. The summed E-state index contributed by atoms with van der Waals surface area (Å²) in [5, 5.41) is 8.22. The van der Waals surface area contributed by atoms with Crippen LogP contribution in [0.1, 0.15) is 23.6 Å². The van der Waals surface area contributed by atoms with Crippen molar-refractivity contribution in [2.75, 3.05) is 0 Å². The van der Waals surface area contributed by atoms with Crippen molar-refractivity contribution in [3.8, 4) is 11.5 Å². The fourth-order valence-electron chi connectivity index (χ4n) is 4.04. The van der Waals surface area contributed by atoms with Gasteiger partial charge < -0.3 is 9.47 Å². The largest absolute Gasteiger partial charge is 0.470 e. The van der Waals surface area contributed by atoms with Gasteiger partial charge in [-0.15, -0.1) is 0 Å². The summed E-state index contributed by atoms with van der Waals surface area (Å²) in [6.07, 6.45) is -0.401.